The summed E-state index contributed by atoms with van der Waals surface area (Å²) in [5, 5.41) is 7.89. The number of anilines is 1. The Bertz CT molecular complexity index is 674. The van der Waals surface area contributed by atoms with E-state index in [1.165, 1.54) is 0 Å². The van der Waals surface area contributed by atoms with Gasteiger partial charge in [-0.1, -0.05) is 37.3 Å². The van der Waals surface area contributed by atoms with E-state index in [0.717, 1.165) is 6.42 Å². The van der Waals surface area contributed by atoms with Crippen LogP contribution in [0.2, 0.25) is 0 Å². The van der Waals surface area contributed by atoms with Crippen LogP contribution in [-0.2, 0) is 4.79 Å². The van der Waals surface area contributed by atoms with E-state index in [-0.39, 0.29) is 12.5 Å². The number of carbonyl (C=O) groups is 2. The molecular weight excluding hydrogens is 306 g/mol. The second kappa shape index (κ2) is 9.19. The van der Waals surface area contributed by atoms with E-state index >= 15 is 0 Å². The van der Waals surface area contributed by atoms with Crippen LogP contribution >= 0.6 is 0 Å². The Morgan fingerprint density at radius 3 is 2.42 bits per heavy atom. The van der Waals surface area contributed by atoms with Crippen LogP contribution < -0.4 is 20.7 Å². The number of hydrogen-bond acceptors (Lipinski definition) is 3. The first kappa shape index (κ1) is 17.3. The summed E-state index contributed by atoms with van der Waals surface area (Å²) in [5.74, 6) is 0.973. The molecule has 3 amide bonds. The molecule has 6 nitrogen and oxygen atoms in total. The van der Waals surface area contributed by atoms with Crippen LogP contribution in [0.15, 0.2) is 54.6 Å². The van der Waals surface area contributed by atoms with Crippen LogP contribution in [0, 0.1) is 0 Å². The zero-order valence-electron chi connectivity index (χ0n) is 13.5. The van der Waals surface area contributed by atoms with Crippen molar-refractivity contribution in [2.45, 2.75) is 13.3 Å². The maximum Gasteiger partial charge on any atom is 0.319 e. The number of rotatable bonds is 7. The van der Waals surface area contributed by atoms with Gasteiger partial charge in [0, 0.05) is 6.54 Å². The van der Waals surface area contributed by atoms with Gasteiger partial charge in [0.05, 0.1) is 12.2 Å². The number of benzene rings is 2. The fraction of sp³-hybridized carbons (Fsp3) is 0.222. The molecule has 126 valence electrons. The van der Waals surface area contributed by atoms with Gasteiger partial charge >= 0.3 is 6.03 Å². The molecule has 2 aromatic rings. The molecule has 3 N–H and O–H groups in total. The Kier molecular flexibility index (Phi) is 6.64. The fourth-order valence-corrected chi connectivity index (χ4v) is 1.93. The van der Waals surface area contributed by atoms with E-state index in [1.807, 2.05) is 43.3 Å². The zero-order valence-corrected chi connectivity index (χ0v) is 13.5. The molecule has 0 saturated carbocycles. The molecule has 0 spiro atoms. The maximum absolute atomic E-state index is 11.9. The minimum atomic E-state index is -0.467. The van der Waals surface area contributed by atoms with E-state index in [1.54, 1.807) is 18.2 Å². The zero-order chi connectivity index (χ0) is 17.2. The Hall–Kier alpha value is -3.02. The minimum absolute atomic E-state index is 0.0759. The number of ether oxygens (including phenoxy) is 1. The van der Waals surface area contributed by atoms with Gasteiger partial charge in [-0.3, -0.25) is 4.79 Å². The standard InChI is InChI=1S/C18H21N3O3/c1-2-12-19-17(22)13-20-18(23)21-15-10-6-7-11-16(15)24-14-8-4-3-5-9-14/h3-11H,2,12-13H2,1H3,(H,19,22)(H2,20,21,23). The highest BCUT2D eigenvalue weighted by molar-refractivity contribution is 5.93. The van der Waals surface area contributed by atoms with E-state index in [9.17, 15) is 9.59 Å². The molecule has 0 atom stereocenters. The third-order valence-corrected chi connectivity index (χ3v) is 3.09. The number of nitrogens with one attached hydrogen (secondary N) is 3. The quantitative estimate of drug-likeness (QED) is 0.731. The first-order chi connectivity index (χ1) is 11.7. The minimum Gasteiger partial charge on any atom is -0.455 e. The van der Waals surface area contributed by atoms with E-state index < -0.39 is 6.03 Å². The van der Waals surface area contributed by atoms with Crippen molar-refractivity contribution in [2.24, 2.45) is 0 Å². The first-order valence-corrected chi connectivity index (χ1v) is 7.82. The van der Waals surface area contributed by atoms with Crippen molar-refractivity contribution in [3.05, 3.63) is 54.6 Å². The average molecular weight is 327 g/mol. The second-order valence-corrected chi connectivity index (χ2v) is 5.07. The topological polar surface area (TPSA) is 79.5 Å². The summed E-state index contributed by atoms with van der Waals surface area (Å²) in [7, 11) is 0. The largest absolute Gasteiger partial charge is 0.455 e. The fourth-order valence-electron chi connectivity index (χ4n) is 1.93. The highest BCUT2D eigenvalue weighted by Gasteiger charge is 2.09. The van der Waals surface area contributed by atoms with Gasteiger partial charge in [0.15, 0.2) is 5.75 Å². The third-order valence-electron chi connectivity index (χ3n) is 3.09. The van der Waals surface area contributed by atoms with Crippen LogP contribution in [0.4, 0.5) is 10.5 Å². The molecule has 0 bridgehead atoms. The maximum atomic E-state index is 11.9. The molecule has 0 unspecified atom stereocenters. The summed E-state index contributed by atoms with van der Waals surface area (Å²) >= 11 is 0. The molecule has 0 fully saturated rings. The lowest BCUT2D eigenvalue weighted by molar-refractivity contribution is -0.120. The summed E-state index contributed by atoms with van der Waals surface area (Å²) in [5.41, 5.74) is 0.521. The lowest BCUT2D eigenvalue weighted by Crippen LogP contribution is -2.39. The van der Waals surface area contributed by atoms with Gasteiger partial charge in [-0.15, -0.1) is 0 Å². The molecule has 0 aliphatic heterocycles. The smallest absolute Gasteiger partial charge is 0.319 e. The molecule has 2 rings (SSSR count). The Morgan fingerprint density at radius 1 is 0.958 bits per heavy atom. The lowest BCUT2D eigenvalue weighted by Gasteiger charge is -2.12. The molecule has 0 aliphatic carbocycles. The van der Waals surface area contributed by atoms with Crippen LogP contribution in [0.1, 0.15) is 13.3 Å². The molecule has 0 saturated heterocycles. The van der Waals surface area contributed by atoms with Crippen LogP contribution in [0.25, 0.3) is 0 Å². The lowest BCUT2D eigenvalue weighted by atomic mass is 10.3. The molecule has 24 heavy (non-hydrogen) atoms. The van der Waals surface area contributed by atoms with E-state index in [4.69, 9.17) is 4.74 Å². The normalized spacial score (nSPS) is 9.88. The van der Waals surface area contributed by atoms with Crippen molar-refractivity contribution in [3.63, 3.8) is 0 Å². The van der Waals surface area contributed by atoms with Gasteiger partial charge in [0.2, 0.25) is 5.91 Å². The summed E-state index contributed by atoms with van der Waals surface area (Å²) in [6.45, 7) is 2.48. The van der Waals surface area contributed by atoms with Crippen molar-refractivity contribution in [1.82, 2.24) is 10.6 Å². The van der Waals surface area contributed by atoms with Crippen LogP contribution in [0.5, 0.6) is 11.5 Å². The summed E-state index contributed by atoms with van der Waals surface area (Å²) < 4.78 is 5.77. The number of amides is 3. The van der Waals surface area contributed by atoms with Crippen molar-refractivity contribution in [3.8, 4) is 11.5 Å². The highest BCUT2D eigenvalue weighted by Crippen LogP contribution is 2.28. The Balaban J connectivity index is 1.92. The van der Waals surface area contributed by atoms with Crippen molar-refractivity contribution >= 4 is 17.6 Å². The van der Waals surface area contributed by atoms with Gasteiger partial charge in [-0.25, -0.2) is 4.79 Å². The summed E-state index contributed by atoms with van der Waals surface area (Å²) in [6, 6.07) is 15.9. The molecule has 0 heterocycles. The molecule has 0 aliphatic rings. The van der Waals surface area contributed by atoms with E-state index in [0.29, 0.717) is 23.7 Å². The Labute approximate surface area is 141 Å². The van der Waals surface area contributed by atoms with Gasteiger partial charge in [-0.05, 0) is 30.7 Å². The number of para-hydroxylation sites is 3. The summed E-state index contributed by atoms with van der Waals surface area (Å²) in [4.78, 5) is 23.4. The molecular formula is C18H21N3O3. The molecule has 0 aromatic heterocycles. The number of carbonyl (C=O) groups excluding carboxylic acids is 2. The Morgan fingerprint density at radius 2 is 1.67 bits per heavy atom. The number of hydrogen-bond donors (Lipinski definition) is 3. The van der Waals surface area contributed by atoms with Crippen LogP contribution in [0.3, 0.4) is 0 Å². The van der Waals surface area contributed by atoms with Crippen molar-refractivity contribution < 1.29 is 14.3 Å². The molecule has 0 radical (unpaired) electrons. The second-order valence-electron chi connectivity index (χ2n) is 5.07. The van der Waals surface area contributed by atoms with Gasteiger partial charge in [0.1, 0.15) is 5.75 Å². The van der Waals surface area contributed by atoms with Crippen molar-refractivity contribution in [2.75, 3.05) is 18.4 Å². The predicted octanol–water partition coefficient (Wildman–Crippen LogP) is 3.13. The van der Waals surface area contributed by atoms with Gasteiger partial charge in [0.25, 0.3) is 0 Å². The highest BCUT2D eigenvalue weighted by atomic mass is 16.5. The van der Waals surface area contributed by atoms with E-state index in [2.05, 4.69) is 16.0 Å². The predicted molar refractivity (Wildman–Crippen MR) is 93.3 cm³/mol. The summed E-state index contributed by atoms with van der Waals surface area (Å²) in [6.07, 6.45) is 0.849. The van der Waals surface area contributed by atoms with Crippen molar-refractivity contribution in [1.29, 1.82) is 0 Å². The van der Waals surface area contributed by atoms with Gasteiger partial charge < -0.3 is 20.7 Å². The van der Waals surface area contributed by atoms with Gasteiger partial charge in [-0.2, -0.15) is 0 Å². The SMILES string of the molecule is CCCNC(=O)CNC(=O)Nc1ccccc1Oc1ccccc1. The monoisotopic (exact) mass is 327 g/mol. The number of urea groups is 1. The average Bonchev–Trinajstić information content (AvgIpc) is 2.61. The molecule has 2 aromatic carbocycles. The third kappa shape index (κ3) is 5.64. The molecule has 6 heteroatoms. The van der Waals surface area contributed by atoms with Crippen LogP contribution in [-0.4, -0.2) is 25.0 Å². The first-order valence-electron chi connectivity index (χ1n) is 7.82.